The van der Waals surface area contributed by atoms with Crippen LogP contribution >= 0.6 is 0 Å². The normalized spacial score (nSPS) is 30.2. The van der Waals surface area contributed by atoms with Crippen molar-refractivity contribution in [3.05, 3.63) is 0 Å². The molecular weight excluding hydrogens is 164 g/mol. The van der Waals surface area contributed by atoms with Crippen molar-refractivity contribution >= 4 is 5.91 Å². The lowest BCUT2D eigenvalue weighted by Crippen LogP contribution is -2.49. The molecule has 1 rings (SSSR count). The standard InChI is InChI=1S/C10H20N2O/c1-8-5-10(7-11(3)6-8)12(4)9(2)13/h8,10H,5-7H2,1-4H3. The average Bonchev–Trinajstić information content (AvgIpc) is 2.01. The number of likely N-dealkylation sites (N-methyl/N-ethyl adjacent to an activating group) is 2. The van der Waals surface area contributed by atoms with Crippen LogP contribution in [0.5, 0.6) is 0 Å². The maximum absolute atomic E-state index is 11.2. The minimum Gasteiger partial charge on any atom is -0.342 e. The molecular formula is C10H20N2O. The fourth-order valence-electron chi connectivity index (χ4n) is 2.12. The lowest BCUT2D eigenvalue weighted by Gasteiger charge is -2.38. The van der Waals surface area contributed by atoms with Gasteiger partial charge in [0.25, 0.3) is 0 Å². The number of likely N-dealkylation sites (tertiary alicyclic amines) is 1. The van der Waals surface area contributed by atoms with Crippen LogP contribution in [0.3, 0.4) is 0 Å². The molecule has 0 aromatic carbocycles. The molecule has 1 amide bonds. The quantitative estimate of drug-likeness (QED) is 0.602. The number of amides is 1. The van der Waals surface area contributed by atoms with Crippen molar-refractivity contribution in [3.63, 3.8) is 0 Å². The van der Waals surface area contributed by atoms with Crippen molar-refractivity contribution in [3.8, 4) is 0 Å². The van der Waals surface area contributed by atoms with Crippen molar-refractivity contribution in [2.45, 2.75) is 26.3 Å². The van der Waals surface area contributed by atoms with Gasteiger partial charge in [0.2, 0.25) is 5.91 Å². The van der Waals surface area contributed by atoms with Crippen LogP contribution in [0.15, 0.2) is 0 Å². The van der Waals surface area contributed by atoms with Gasteiger partial charge >= 0.3 is 0 Å². The van der Waals surface area contributed by atoms with Gasteiger partial charge in [0.15, 0.2) is 0 Å². The van der Waals surface area contributed by atoms with Gasteiger partial charge in [0.1, 0.15) is 0 Å². The van der Waals surface area contributed by atoms with Crippen LogP contribution in [0.4, 0.5) is 0 Å². The van der Waals surface area contributed by atoms with E-state index in [1.165, 1.54) is 0 Å². The molecule has 3 heteroatoms. The molecule has 0 aliphatic carbocycles. The van der Waals surface area contributed by atoms with E-state index < -0.39 is 0 Å². The number of nitrogens with zero attached hydrogens (tertiary/aromatic N) is 2. The molecule has 76 valence electrons. The zero-order valence-corrected chi connectivity index (χ0v) is 9.08. The van der Waals surface area contributed by atoms with E-state index in [4.69, 9.17) is 0 Å². The maximum atomic E-state index is 11.2. The van der Waals surface area contributed by atoms with Crippen LogP contribution < -0.4 is 0 Å². The first-order valence-electron chi connectivity index (χ1n) is 4.92. The molecule has 3 nitrogen and oxygen atoms in total. The molecule has 1 heterocycles. The highest BCUT2D eigenvalue weighted by Crippen LogP contribution is 2.18. The third-order valence-corrected chi connectivity index (χ3v) is 2.86. The van der Waals surface area contributed by atoms with Crippen molar-refractivity contribution in [2.75, 3.05) is 27.2 Å². The summed E-state index contributed by atoms with van der Waals surface area (Å²) >= 11 is 0. The Bertz CT molecular complexity index is 183. The van der Waals surface area contributed by atoms with E-state index in [1.54, 1.807) is 6.92 Å². The first-order chi connectivity index (χ1) is 6.00. The minimum atomic E-state index is 0.174. The van der Waals surface area contributed by atoms with Crippen molar-refractivity contribution in [2.24, 2.45) is 5.92 Å². The molecule has 1 aliphatic heterocycles. The Balaban J connectivity index is 2.54. The molecule has 0 radical (unpaired) electrons. The molecule has 0 N–H and O–H groups in total. The fraction of sp³-hybridized carbons (Fsp3) is 0.900. The van der Waals surface area contributed by atoms with E-state index in [0.29, 0.717) is 12.0 Å². The summed E-state index contributed by atoms with van der Waals surface area (Å²) in [6.07, 6.45) is 1.14. The molecule has 0 aromatic rings. The van der Waals surface area contributed by atoms with Gasteiger partial charge in [0, 0.05) is 33.1 Å². The highest BCUT2D eigenvalue weighted by atomic mass is 16.2. The highest BCUT2D eigenvalue weighted by Gasteiger charge is 2.26. The van der Waals surface area contributed by atoms with Crippen LogP contribution in [-0.2, 0) is 4.79 Å². The zero-order chi connectivity index (χ0) is 10.0. The average molecular weight is 184 g/mol. The summed E-state index contributed by atoms with van der Waals surface area (Å²) in [6.45, 7) is 6.05. The van der Waals surface area contributed by atoms with Gasteiger partial charge < -0.3 is 9.80 Å². The lowest BCUT2D eigenvalue weighted by molar-refractivity contribution is -0.130. The second kappa shape index (κ2) is 4.09. The largest absolute Gasteiger partial charge is 0.342 e. The smallest absolute Gasteiger partial charge is 0.219 e. The third-order valence-electron chi connectivity index (χ3n) is 2.86. The van der Waals surface area contributed by atoms with E-state index >= 15 is 0 Å². The summed E-state index contributed by atoms with van der Waals surface area (Å²) in [4.78, 5) is 15.3. The van der Waals surface area contributed by atoms with Gasteiger partial charge in [-0.05, 0) is 19.4 Å². The summed E-state index contributed by atoms with van der Waals surface area (Å²) in [5.41, 5.74) is 0. The molecule has 1 aliphatic rings. The number of hydrogen-bond donors (Lipinski definition) is 0. The fourth-order valence-corrected chi connectivity index (χ4v) is 2.12. The number of hydrogen-bond acceptors (Lipinski definition) is 2. The number of carbonyl (C=O) groups is 1. The van der Waals surface area contributed by atoms with Crippen LogP contribution in [0.2, 0.25) is 0 Å². The Morgan fingerprint density at radius 1 is 1.46 bits per heavy atom. The Morgan fingerprint density at radius 2 is 2.08 bits per heavy atom. The van der Waals surface area contributed by atoms with Gasteiger partial charge in [-0.25, -0.2) is 0 Å². The maximum Gasteiger partial charge on any atom is 0.219 e. The number of rotatable bonds is 1. The predicted octanol–water partition coefficient (Wildman–Crippen LogP) is 0.805. The van der Waals surface area contributed by atoms with Gasteiger partial charge in [0.05, 0.1) is 0 Å². The predicted molar refractivity (Wildman–Crippen MR) is 53.5 cm³/mol. The lowest BCUT2D eigenvalue weighted by atomic mass is 9.95. The van der Waals surface area contributed by atoms with E-state index in [0.717, 1.165) is 19.5 Å². The van der Waals surface area contributed by atoms with Crippen molar-refractivity contribution < 1.29 is 4.79 Å². The van der Waals surface area contributed by atoms with Gasteiger partial charge in [-0.1, -0.05) is 6.92 Å². The van der Waals surface area contributed by atoms with Crippen LogP contribution in [0, 0.1) is 5.92 Å². The number of piperidine rings is 1. The van der Waals surface area contributed by atoms with Gasteiger partial charge in [-0.2, -0.15) is 0 Å². The van der Waals surface area contributed by atoms with Crippen LogP contribution in [-0.4, -0.2) is 48.9 Å². The molecule has 0 spiro atoms. The summed E-state index contributed by atoms with van der Waals surface area (Å²) in [6, 6.07) is 0.409. The monoisotopic (exact) mass is 184 g/mol. The minimum absolute atomic E-state index is 0.174. The van der Waals surface area contributed by atoms with Crippen molar-refractivity contribution in [1.29, 1.82) is 0 Å². The molecule has 1 saturated heterocycles. The Kier molecular flexibility index (Phi) is 3.31. The van der Waals surface area contributed by atoms with Gasteiger partial charge in [-0.15, -0.1) is 0 Å². The Morgan fingerprint density at radius 3 is 2.54 bits per heavy atom. The van der Waals surface area contributed by atoms with E-state index in [-0.39, 0.29) is 5.91 Å². The molecule has 0 saturated carbocycles. The van der Waals surface area contributed by atoms with Gasteiger partial charge in [-0.3, -0.25) is 4.79 Å². The molecule has 0 aromatic heterocycles. The van der Waals surface area contributed by atoms with E-state index in [2.05, 4.69) is 18.9 Å². The van der Waals surface area contributed by atoms with Crippen LogP contribution in [0.1, 0.15) is 20.3 Å². The molecule has 2 unspecified atom stereocenters. The number of carbonyl (C=O) groups excluding carboxylic acids is 1. The summed E-state index contributed by atoms with van der Waals surface area (Å²) in [5, 5.41) is 0. The first kappa shape index (κ1) is 10.5. The highest BCUT2D eigenvalue weighted by molar-refractivity contribution is 5.73. The second-order valence-corrected chi connectivity index (χ2v) is 4.35. The van der Waals surface area contributed by atoms with E-state index in [9.17, 15) is 4.79 Å². The summed E-state index contributed by atoms with van der Waals surface area (Å²) in [5.74, 6) is 0.873. The summed E-state index contributed by atoms with van der Waals surface area (Å²) < 4.78 is 0. The third kappa shape index (κ3) is 2.69. The molecule has 0 bridgehead atoms. The molecule has 2 atom stereocenters. The molecule has 13 heavy (non-hydrogen) atoms. The Hall–Kier alpha value is -0.570. The second-order valence-electron chi connectivity index (χ2n) is 4.35. The van der Waals surface area contributed by atoms with E-state index in [1.807, 2.05) is 11.9 Å². The first-order valence-corrected chi connectivity index (χ1v) is 4.92. The SMILES string of the molecule is CC(=O)N(C)C1CC(C)CN(C)C1. The topological polar surface area (TPSA) is 23.6 Å². The zero-order valence-electron chi connectivity index (χ0n) is 9.08. The molecule has 1 fully saturated rings. The Labute approximate surface area is 80.7 Å². The van der Waals surface area contributed by atoms with Crippen LogP contribution in [0.25, 0.3) is 0 Å². The summed E-state index contributed by atoms with van der Waals surface area (Å²) in [7, 11) is 4.02. The van der Waals surface area contributed by atoms with Crippen molar-refractivity contribution in [1.82, 2.24) is 9.80 Å².